The molecule has 1 atom stereocenters. The molecule has 30 heavy (non-hydrogen) atoms. The maximum Gasteiger partial charge on any atom is 0.253 e. The molecule has 156 valence electrons. The number of amides is 2. The molecule has 0 saturated heterocycles. The third-order valence-electron chi connectivity index (χ3n) is 5.69. The molecular formula is C24H27N3O2S. The van der Waals surface area contributed by atoms with Crippen LogP contribution in [0.25, 0.3) is 0 Å². The highest BCUT2D eigenvalue weighted by molar-refractivity contribution is 7.09. The summed E-state index contributed by atoms with van der Waals surface area (Å²) in [5, 5.41) is 8.12. The van der Waals surface area contributed by atoms with Crippen molar-refractivity contribution in [3.05, 3.63) is 75.2 Å². The van der Waals surface area contributed by atoms with Crippen LogP contribution in [-0.2, 0) is 11.3 Å². The zero-order valence-electron chi connectivity index (χ0n) is 17.6. The Morgan fingerprint density at radius 1 is 1.17 bits per heavy atom. The van der Waals surface area contributed by atoms with E-state index >= 15 is 0 Å². The second-order valence-corrected chi connectivity index (χ2v) is 9.06. The van der Waals surface area contributed by atoms with Gasteiger partial charge in [0.1, 0.15) is 0 Å². The largest absolute Gasteiger partial charge is 0.345 e. The van der Waals surface area contributed by atoms with Crippen LogP contribution in [0.2, 0.25) is 0 Å². The number of thiophene rings is 1. The maximum atomic E-state index is 12.9. The molecule has 0 aliphatic heterocycles. The van der Waals surface area contributed by atoms with Gasteiger partial charge in [-0.05, 0) is 68.8 Å². The molecule has 0 radical (unpaired) electrons. The van der Waals surface area contributed by atoms with Crippen LogP contribution in [0.1, 0.15) is 58.0 Å². The van der Waals surface area contributed by atoms with Crippen LogP contribution in [-0.4, -0.2) is 16.4 Å². The summed E-state index contributed by atoms with van der Waals surface area (Å²) in [6, 6.07) is 13.7. The molecule has 1 saturated carbocycles. The quantitative estimate of drug-likeness (QED) is 0.560. The molecule has 2 heterocycles. The molecule has 6 heteroatoms. The number of aryl methyl sites for hydroxylation is 1. The lowest BCUT2D eigenvalue weighted by Crippen LogP contribution is -2.27. The smallest absolute Gasteiger partial charge is 0.253 e. The Balaban J connectivity index is 1.41. The predicted molar refractivity (Wildman–Crippen MR) is 121 cm³/mol. The van der Waals surface area contributed by atoms with E-state index in [9.17, 15) is 9.59 Å². The van der Waals surface area contributed by atoms with Gasteiger partial charge in [0.2, 0.25) is 5.91 Å². The fourth-order valence-electron chi connectivity index (χ4n) is 3.64. The Morgan fingerprint density at radius 2 is 1.90 bits per heavy atom. The van der Waals surface area contributed by atoms with Crippen LogP contribution in [0.4, 0.5) is 5.69 Å². The molecule has 4 rings (SSSR count). The normalized spacial score (nSPS) is 14.4. The number of benzene rings is 1. The van der Waals surface area contributed by atoms with E-state index in [0.29, 0.717) is 5.56 Å². The van der Waals surface area contributed by atoms with E-state index in [4.69, 9.17) is 0 Å². The van der Waals surface area contributed by atoms with Gasteiger partial charge in [-0.1, -0.05) is 18.2 Å². The van der Waals surface area contributed by atoms with Gasteiger partial charge in [0, 0.05) is 27.9 Å². The van der Waals surface area contributed by atoms with Crippen LogP contribution in [0, 0.1) is 19.8 Å². The van der Waals surface area contributed by atoms with Gasteiger partial charge in [0.05, 0.1) is 18.2 Å². The van der Waals surface area contributed by atoms with Gasteiger partial charge in [-0.2, -0.15) is 0 Å². The number of aromatic nitrogens is 1. The Kier molecular flexibility index (Phi) is 5.77. The van der Waals surface area contributed by atoms with Gasteiger partial charge in [-0.15, -0.1) is 11.3 Å². The van der Waals surface area contributed by atoms with Crippen LogP contribution in [0.3, 0.4) is 0 Å². The van der Waals surface area contributed by atoms with Crippen molar-refractivity contribution < 1.29 is 9.59 Å². The first-order chi connectivity index (χ1) is 14.4. The fourth-order valence-corrected chi connectivity index (χ4v) is 4.33. The molecular weight excluding hydrogens is 394 g/mol. The average molecular weight is 422 g/mol. The summed E-state index contributed by atoms with van der Waals surface area (Å²) in [6.07, 6.45) is 1.97. The van der Waals surface area contributed by atoms with E-state index < -0.39 is 0 Å². The Hall–Kier alpha value is -2.86. The highest BCUT2D eigenvalue weighted by atomic mass is 32.1. The summed E-state index contributed by atoms with van der Waals surface area (Å²) >= 11 is 1.72. The summed E-state index contributed by atoms with van der Waals surface area (Å²) in [5.41, 5.74) is 4.56. The minimum absolute atomic E-state index is 0.0702. The molecule has 1 fully saturated rings. The van der Waals surface area contributed by atoms with Gasteiger partial charge in [-0.3, -0.25) is 9.59 Å². The van der Waals surface area contributed by atoms with Gasteiger partial charge in [-0.25, -0.2) is 0 Å². The van der Waals surface area contributed by atoms with E-state index in [2.05, 4.69) is 26.6 Å². The topological polar surface area (TPSA) is 63.1 Å². The second-order valence-electron chi connectivity index (χ2n) is 8.03. The third-order valence-corrected chi connectivity index (χ3v) is 6.55. The van der Waals surface area contributed by atoms with Crippen LogP contribution in [0.15, 0.2) is 47.8 Å². The molecule has 2 aromatic heterocycles. The zero-order valence-corrected chi connectivity index (χ0v) is 18.4. The molecule has 2 amide bonds. The first-order valence-electron chi connectivity index (χ1n) is 10.3. The third kappa shape index (κ3) is 4.49. The zero-order chi connectivity index (χ0) is 21.3. The number of nitrogens with zero attached hydrogens (tertiary/aromatic N) is 1. The second kappa shape index (κ2) is 8.48. The van der Waals surface area contributed by atoms with E-state index in [1.165, 1.54) is 4.88 Å². The molecule has 1 aromatic carbocycles. The number of hydrogen-bond donors (Lipinski definition) is 2. The van der Waals surface area contributed by atoms with Crippen molar-refractivity contribution in [1.82, 2.24) is 9.88 Å². The predicted octanol–water partition coefficient (Wildman–Crippen LogP) is 5.05. The van der Waals surface area contributed by atoms with Gasteiger partial charge in [0.25, 0.3) is 5.91 Å². The first kappa shape index (κ1) is 20.4. The summed E-state index contributed by atoms with van der Waals surface area (Å²) < 4.78 is 2.18. The Labute approximate surface area is 181 Å². The SMILES string of the molecule is Cc1cc(C(=O)NC(C)c2ccc(NC(=O)C3CC3)cc2)c(C)n1Cc1cccs1. The molecule has 3 aromatic rings. The van der Waals surface area contributed by atoms with Crippen LogP contribution < -0.4 is 10.6 Å². The Morgan fingerprint density at radius 3 is 2.53 bits per heavy atom. The summed E-state index contributed by atoms with van der Waals surface area (Å²) in [6.45, 7) is 6.79. The van der Waals surface area contributed by atoms with E-state index in [-0.39, 0.29) is 23.8 Å². The van der Waals surface area contributed by atoms with E-state index in [0.717, 1.165) is 42.0 Å². The number of hydrogen-bond acceptors (Lipinski definition) is 3. The molecule has 2 N–H and O–H groups in total. The summed E-state index contributed by atoms with van der Waals surface area (Å²) in [5.74, 6) is 0.211. The minimum Gasteiger partial charge on any atom is -0.345 e. The lowest BCUT2D eigenvalue weighted by atomic mass is 10.1. The van der Waals surface area contributed by atoms with E-state index in [1.807, 2.05) is 57.2 Å². The summed E-state index contributed by atoms with van der Waals surface area (Å²) in [4.78, 5) is 26.1. The van der Waals surface area contributed by atoms with Crippen LogP contribution >= 0.6 is 11.3 Å². The number of carbonyl (C=O) groups is 2. The van der Waals surface area contributed by atoms with E-state index in [1.54, 1.807) is 11.3 Å². The van der Waals surface area contributed by atoms with Crippen molar-refractivity contribution in [2.24, 2.45) is 5.92 Å². The van der Waals surface area contributed by atoms with Crippen molar-refractivity contribution in [3.8, 4) is 0 Å². The first-order valence-corrected chi connectivity index (χ1v) is 11.2. The molecule has 1 aliphatic rings. The van der Waals surface area contributed by atoms with Gasteiger partial charge in [0.15, 0.2) is 0 Å². The summed E-state index contributed by atoms with van der Waals surface area (Å²) in [7, 11) is 0. The van der Waals surface area contributed by atoms with Crippen molar-refractivity contribution in [1.29, 1.82) is 0 Å². The van der Waals surface area contributed by atoms with Crippen molar-refractivity contribution in [3.63, 3.8) is 0 Å². The molecule has 0 spiro atoms. The average Bonchev–Trinajstić information content (AvgIpc) is 3.39. The highest BCUT2D eigenvalue weighted by Crippen LogP contribution is 2.30. The number of anilines is 1. The Bertz CT molecular complexity index is 1050. The minimum atomic E-state index is -0.133. The monoisotopic (exact) mass is 421 g/mol. The number of nitrogens with one attached hydrogen (secondary N) is 2. The molecule has 0 bridgehead atoms. The standard InChI is InChI=1S/C24H27N3O2S/c1-15-13-22(17(3)27(15)14-21-5-4-12-30-21)24(29)25-16(2)18-8-10-20(11-9-18)26-23(28)19-6-7-19/h4-5,8-13,16,19H,6-7,14H2,1-3H3,(H,25,29)(H,26,28). The number of carbonyl (C=O) groups excluding carboxylic acids is 2. The lowest BCUT2D eigenvalue weighted by molar-refractivity contribution is -0.117. The van der Waals surface area contributed by atoms with Crippen molar-refractivity contribution in [2.45, 2.75) is 46.2 Å². The van der Waals surface area contributed by atoms with Crippen LogP contribution in [0.5, 0.6) is 0 Å². The fraction of sp³-hybridized carbons (Fsp3) is 0.333. The van der Waals surface area contributed by atoms with Gasteiger partial charge >= 0.3 is 0 Å². The maximum absolute atomic E-state index is 12.9. The molecule has 1 aliphatic carbocycles. The van der Waals surface area contributed by atoms with Gasteiger partial charge < -0.3 is 15.2 Å². The molecule has 1 unspecified atom stereocenters. The lowest BCUT2D eigenvalue weighted by Gasteiger charge is -2.15. The number of rotatable bonds is 7. The molecule has 5 nitrogen and oxygen atoms in total. The van der Waals surface area contributed by atoms with Crippen molar-refractivity contribution >= 4 is 28.8 Å². The highest BCUT2D eigenvalue weighted by Gasteiger charge is 2.29. The van der Waals surface area contributed by atoms with Crippen molar-refractivity contribution in [2.75, 3.05) is 5.32 Å².